The highest BCUT2D eigenvalue weighted by molar-refractivity contribution is 6.31. The van der Waals surface area contributed by atoms with E-state index in [9.17, 15) is 4.79 Å². The molecule has 1 amide bonds. The predicted octanol–water partition coefficient (Wildman–Crippen LogP) is 4.20. The van der Waals surface area contributed by atoms with Crippen LogP contribution in [0.3, 0.4) is 0 Å². The van der Waals surface area contributed by atoms with Crippen LogP contribution >= 0.6 is 11.6 Å². The summed E-state index contributed by atoms with van der Waals surface area (Å²) in [5, 5.41) is 3.94. The zero-order valence-corrected chi connectivity index (χ0v) is 14.8. The largest absolute Gasteiger partial charge is 0.469 e. The summed E-state index contributed by atoms with van der Waals surface area (Å²) in [7, 11) is 0. The van der Waals surface area contributed by atoms with E-state index >= 15 is 0 Å². The molecule has 1 aromatic heterocycles. The Morgan fingerprint density at radius 2 is 2.00 bits per heavy atom. The maximum atomic E-state index is 12.3. The summed E-state index contributed by atoms with van der Waals surface area (Å²) in [6.07, 6.45) is 3.44. The fraction of sp³-hybridized carbons (Fsp3) is 0.421. The number of amides is 1. The van der Waals surface area contributed by atoms with Crippen molar-refractivity contribution >= 4 is 17.5 Å². The molecule has 1 aromatic carbocycles. The van der Waals surface area contributed by atoms with Gasteiger partial charge in [0, 0.05) is 30.2 Å². The molecular weight excluding hydrogens is 324 g/mol. The number of furan rings is 1. The second-order valence-electron chi connectivity index (χ2n) is 6.37. The molecule has 2 heterocycles. The first-order valence-electron chi connectivity index (χ1n) is 8.39. The molecule has 0 aliphatic carbocycles. The zero-order valence-electron chi connectivity index (χ0n) is 14.1. The van der Waals surface area contributed by atoms with Crippen molar-refractivity contribution in [3.8, 4) is 0 Å². The lowest BCUT2D eigenvalue weighted by Crippen LogP contribution is -2.45. The molecule has 1 N–H and O–H groups in total. The second-order valence-corrected chi connectivity index (χ2v) is 6.78. The first-order valence-corrected chi connectivity index (χ1v) is 8.77. The van der Waals surface area contributed by atoms with E-state index in [-0.39, 0.29) is 18.0 Å². The summed E-state index contributed by atoms with van der Waals surface area (Å²) in [5.41, 5.74) is 1.79. The van der Waals surface area contributed by atoms with E-state index in [0.29, 0.717) is 11.3 Å². The van der Waals surface area contributed by atoms with Crippen LogP contribution in [0.5, 0.6) is 0 Å². The smallest absolute Gasteiger partial charge is 0.255 e. The number of carbonyl (C=O) groups is 1. The first kappa shape index (κ1) is 17.1. The molecule has 0 spiro atoms. The summed E-state index contributed by atoms with van der Waals surface area (Å²) < 4.78 is 5.20. The minimum Gasteiger partial charge on any atom is -0.469 e. The Hall–Kier alpha value is -1.78. The fourth-order valence-corrected chi connectivity index (χ4v) is 3.62. The summed E-state index contributed by atoms with van der Waals surface area (Å²) in [4.78, 5) is 14.7. The van der Waals surface area contributed by atoms with E-state index in [1.165, 1.54) is 0 Å². The van der Waals surface area contributed by atoms with Gasteiger partial charge in [-0.25, -0.2) is 0 Å². The molecule has 24 heavy (non-hydrogen) atoms. The van der Waals surface area contributed by atoms with Crippen LogP contribution in [0.15, 0.2) is 41.0 Å². The summed E-state index contributed by atoms with van der Waals surface area (Å²) >= 11 is 6.32. The van der Waals surface area contributed by atoms with E-state index in [4.69, 9.17) is 16.0 Å². The summed E-state index contributed by atoms with van der Waals surface area (Å²) in [6.45, 7) is 5.89. The van der Waals surface area contributed by atoms with E-state index in [0.717, 1.165) is 36.5 Å². The Bertz CT molecular complexity index is 705. The topological polar surface area (TPSA) is 45.5 Å². The molecule has 1 unspecified atom stereocenters. The molecule has 5 heteroatoms. The first-order chi connectivity index (χ1) is 11.6. The lowest BCUT2D eigenvalue weighted by Gasteiger charge is -2.36. The third-order valence-electron chi connectivity index (χ3n) is 4.87. The number of carbonyl (C=O) groups excluding carboxylic acids is 1. The van der Waals surface area contributed by atoms with E-state index < -0.39 is 0 Å². The molecule has 1 atom stereocenters. The average molecular weight is 347 g/mol. The van der Waals surface area contributed by atoms with Gasteiger partial charge in [0.1, 0.15) is 5.76 Å². The Morgan fingerprint density at radius 1 is 1.29 bits per heavy atom. The molecule has 1 fully saturated rings. The van der Waals surface area contributed by atoms with Crippen molar-refractivity contribution < 1.29 is 9.21 Å². The molecule has 1 aliphatic heterocycles. The third-order valence-corrected chi connectivity index (χ3v) is 5.22. The number of likely N-dealkylation sites (tertiary alicyclic amines) is 1. The van der Waals surface area contributed by atoms with Crippen LogP contribution in [0.1, 0.15) is 47.5 Å². The molecule has 2 aromatic rings. The standard InChI is InChI=1S/C19H23ClN2O2/c1-13(16-5-3-4-6-18(16)20)22-10-7-15(8-11-22)21-19(23)17-9-12-24-14(17)2/h3-6,9,12-13,15H,7-8,10-11H2,1-2H3,(H,21,23). The maximum Gasteiger partial charge on any atom is 0.255 e. The molecule has 0 saturated carbocycles. The lowest BCUT2D eigenvalue weighted by molar-refractivity contribution is 0.0894. The number of nitrogens with one attached hydrogen (secondary N) is 1. The van der Waals surface area contributed by atoms with Crippen LogP contribution in [-0.2, 0) is 0 Å². The van der Waals surface area contributed by atoms with Crippen molar-refractivity contribution in [2.75, 3.05) is 13.1 Å². The number of aryl methyl sites for hydroxylation is 1. The van der Waals surface area contributed by atoms with E-state index in [1.54, 1.807) is 12.3 Å². The summed E-state index contributed by atoms with van der Waals surface area (Å²) in [5.74, 6) is 0.621. The van der Waals surface area contributed by atoms with Crippen molar-refractivity contribution in [1.29, 1.82) is 0 Å². The number of nitrogens with zero attached hydrogens (tertiary/aromatic N) is 1. The number of benzene rings is 1. The normalized spacial score (nSPS) is 17.6. The van der Waals surface area contributed by atoms with E-state index in [1.807, 2.05) is 25.1 Å². The van der Waals surface area contributed by atoms with E-state index in [2.05, 4.69) is 23.2 Å². The minimum absolute atomic E-state index is 0.0427. The molecular formula is C19H23ClN2O2. The van der Waals surface area contributed by atoms with Gasteiger partial charge in [0.15, 0.2) is 0 Å². The number of rotatable bonds is 4. The number of halogens is 1. The molecule has 0 bridgehead atoms. The molecule has 4 nitrogen and oxygen atoms in total. The highest BCUT2D eigenvalue weighted by atomic mass is 35.5. The van der Waals surface area contributed by atoms with Crippen molar-refractivity contribution in [1.82, 2.24) is 10.2 Å². The summed E-state index contributed by atoms with van der Waals surface area (Å²) in [6, 6.07) is 10.2. The average Bonchev–Trinajstić information content (AvgIpc) is 3.01. The van der Waals surface area contributed by atoms with Crippen LogP contribution in [-0.4, -0.2) is 29.9 Å². The van der Waals surface area contributed by atoms with Gasteiger partial charge < -0.3 is 9.73 Å². The quantitative estimate of drug-likeness (QED) is 0.902. The lowest BCUT2D eigenvalue weighted by atomic mass is 10.00. The molecule has 128 valence electrons. The van der Waals surface area contributed by atoms with Gasteiger partial charge in [-0.05, 0) is 44.4 Å². The third kappa shape index (κ3) is 3.65. The van der Waals surface area contributed by atoms with Gasteiger partial charge in [-0.3, -0.25) is 9.69 Å². The maximum absolute atomic E-state index is 12.3. The van der Waals surface area contributed by atoms with Crippen molar-refractivity contribution in [3.63, 3.8) is 0 Å². The zero-order chi connectivity index (χ0) is 17.1. The van der Waals surface area contributed by atoms with Gasteiger partial charge in [0.25, 0.3) is 5.91 Å². The predicted molar refractivity (Wildman–Crippen MR) is 95.4 cm³/mol. The molecule has 1 aliphatic rings. The fourth-order valence-electron chi connectivity index (χ4n) is 3.33. The number of hydrogen-bond donors (Lipinski definition) is 1. The minimum atomic E-state index is -0.0427. The van der Waals surface area contributed by atoms with Crippen molar-refractivity contribution in [3.05, 3.63) is 58.5 Å². The molecule has 0 radical (unpaired) electrons. The van der Waals surface area contributed by atoms with Gasteiger partial charge in [-0.15, -0.1) is 0 Å². The SMILES string of the molecule is Cc1occc1C(=O)NC1CCN(C(C)c2ccccc2Cl)CC1. The van der Waals surface area contributed by atoms with Crippen molar-refractivity contribution in [2.24, 2.45) is 0 Å². The van der Waals surface area contributed by atoms with Gasteiger partial charge in [-0.1, -0.05) is 29.8 Å². The van der Waals surface area contributed by atoms with Crippen molar-refractivity contribution in [2.45, 2.75) is 38.8 Å². The van der Waals surface area contributed by atoms with Crippen LogP contribution in [0.4, 0.5) is 0 Å². The Kier molecular flexibility index (Phi) is 5.27. The molecule has 1 saturated heterocycles. The highest BCUT2D eigenvalue weighted by Crippen LogP contribution is 2.29. The van der Waals surface area contributed by atoms with Gasteiger partial charge in [-0.2, -0.15) is 0 Å². The van der Waals surface area contributed by atoms with Crippen LogP contribution in [0, 0.1) is 6.92 Å². The van der Waals surface area contributed by atoms with Gasteiger partial charge in [0.05, 0.1) is 11.8 Å². The monoisotopic (exact) mass is 346 g/mol. The van der Waals surface area contributed by atoms with Gasteiger partial charge >= 0.3 is 0 Å². The van der Waals surface area contributed by atoms with Crippen LogP contribution in [0.25, 0.3) is 0 Å². The number of piperidine rings is 1. The van der Waals surface area contributed by atoms with Crippen LogP contribution in [0.2, 0.25) is 5.02 Å². The number of hydrogen-bond acceptors (Lipinski definition) is 3. The molecule has 3 rings (SSSR count). The van der Waals surface area contributed by atoms with Gasteiger partial charge in [0.2, 0.25) is 0 Å². The highest BCUT2D eigenvalue weighted by Gasteiger charge is 2.26. The Morgan fingerprint density at radius 3 is 2.62 bits per heavy atom. The Labute approximate surface area is 147 Å². The van der Waals surface area contributed by atoms with Crippen LogP contribution < -0.4 is 5.32 Å². The Balaban J connectivity index is 1.55. The second kappa shape index (κ2) is 7.41.